The highest BCUT2D eigenvalue weighted by Crippen LogP contribution is 2.42. The molecule has 0 spiro atoms. The number of hydrogen-bond donors (Lipinski definition) is 1. The van der Waals surface area contributed by atoms with E-state index in [1.165, 1.54) is 0 Å². The Morgan fingerprint density at radius 3 is 2.41 bits per heavy atom. The first-order chi connectivity index (χ1) is 16.3. The van der Waals surface area contributed by atoms with Gasteiger partial charge in [0.1, 0.15) is 5.76 Å². The van der Waals surface area contributed by atoms with Crippen LogP contribution in [-0.4, -0.2) is 67.5 Å². The van der Waals surface area contributed by atoms with E-state index in [9.17, 15) is 14.7 Å². The molecule has 1 atom stereocenters. The van der Waals surface area contributed by atoms with Crippen molar-refractivity contribution in [2.75, 3.05) is 40.9 Å². The van der Waals surface area contributed by atoms with Crippen LogP contribution >= 0.6 is 0 Å². The van der Waals surface area contributed by atoms with Gasteiger partial charge in [-0.2, -0.15) is 0 Å². The zero-order valence-electron chi connectivity index (χ0n) is 20.6. The van der Waals surface area contributed by atoms with Crippen molar-refractivity contribution >= 4 is 17.4 Å². The second-order valence-corrected chi connectivity index (χ2v) is 8.77. The molecule has 7 nitrogen and oxygen atoms in total. The number of benzene rings is 2. The molecule has 182 valence electrons. The summed E-state index contributed by atoms with van der Waals surface area (Å²) < 4.78 is 11.3. The summed E-state index contributed by atoms with van der Waals surface area (Å²) in [6.45, 7) is 5.66. The molecule has 0 aromatic heterocycles. The quantitative estimate of drug-likeness (QED) is 0.322. The van der Waals surface area contributed by atoms with Crippen LogP contribution in [0.15, 0.2) is 48.0 Å². The molecular weight excluding hydrogens is 432 g/mol. The number of nitrogens with zero attached hydrogens (tertiary/aromatic N) is 2. The Bertz CT molecular complexity index is 1060. The summed E-state index contributed by atoms with van der Waals surface area (Å²) >= 11 is 0. The number of aliphatic hydroxyl groups excluding tert-OH is 1. The van der Waals surface area contributed by atoms with Crippen LogP contribution in [0, 0.1) is 6.92 Å². The molecule has 1 aliphatic heterocycles. The standard InChI is InChI=1S/C27H34N2O5/c1-6-16-34-21-13-12-20(17-22(21)33-5)24-23(25(30)19-10-8-18(2)9-11-19)26(31)27(32)29(24)15-7-14-28(3)4/h8-13,17,24,30H,6-7,14-16H2,1-5H3/t24-/m0/s1. The minimum absolute atomic E-state index is 0.0861. The highest BCUT2D eigenvalue weighted by Gasteiger charge is 2.46. The number of ether oxygens (including phenoxy) is 2. The van der Waals surface area contributed by atoms with Gasteiger partial charge < -0.3 is 24.4 Å². The maximum absolute atomic E-state index is 13.2. The van der Waals surface area contributed by atoms with E-state index < -0.39 is 17.7 Å². The molecule has 1 aliphatic rings. The van der Waals surface area contributed by atoms with Gasteiger partial charge in [-0.05, 0) is 58.1 Å². The Hall–Kier alpha value is -3.32. The monoisotopic (exact) mass is 466 g/mol. The van der Waals surface area contributed by atoms with Crippen molar-refractivity contribution < 1.29 is 24.2 Å². The SMILES string of the molecule is CCCOc1ccc([C@H]2C(=C(O)c3ccc(C)cc3)C(=O)C(=O)N2CCCN(C)C)cc1OC. The van der Waals surface area contributed by atoms with E-state index in [0.717, 1.165) is 18.5 Å². The number of ketones is 1. The molecule has 1 saturated heterocycles. The second-order valence-electron chi connectivity index (χ2n) is 8.77. The molecule has 1 heterocycles. The van der Waals surface area contributed by atoms with E-state index in [2.05, 4.69) is 0 Å². The molecule has 2 aromatic rings. The van der Waals surface area contributed by atoms with E-state index in [4.69, 9.17) is 9.47 Å². The smallest absolute Gasteiger partial charge is 0.295 e. The number of hydrogen-bond acceptors (Lipinski definition) is 6. The van der Waals surface area contributed by atoms with Crippen LogP contribution in [0.5, 0.6) is 11.5 Å². The normalized spacial score (nSPS) is 17.5. The van der Waals surface area contributed by atoms with Gasteiger partial charge in [0.15, 0.2) is 11.5 Å². The van der Waals surface area contributed by atoms with Crippen LogP contribution in [0.3, 0.4) is 0 Å². The van der Waals surface area contributed by atoms with Crippen molar-refractivity contribution in [2.45, 2.75) is 32.7 Å². The van der Waals surface area contributed by atoms with Crippen LogP contribution in [-0.2, 0) is 9.59 Å². The Morgan fingerprint density at radius 1 is 1.09 bits per heavy atom. The summed E-state index contributed by atoms with van der Waals surface area (Å²) in [5, 5.41) is 11.2. The molecule has 34 heavy (non-hydrogen) atoms. The van der Waals surface area contributed by atoms with Crippen LogP contribution in [0.25, 0.3) is 5.76 Å². The molecule has 0 saturated carbocycles. The zero-order chi connectivity index (χ0) is 24.8. The third-order valence-electron chi connectivity index (χ3n) is 5.83. The molecule has 1 N–H and O–H groups in total. The fraction of sp³-hybridized carbons (Fsp3) is 0.407. The summed E-state index contributed by atoms with van der Waals surface area (Å²) in [4.78, 5) is 29.8. The maximum Gasteiger partial charge on any atom is 0.295 e. The molecule has 2 aromatic carbocycles. The summed E-state index contributed by atoms with van der Waals surface area (Å²) in [5.74, 6) is -0.360. The summed E-state index contributed by atoms with van der Waals surface area (Å²) in [7, 11) is 5.48. The van der Waals surface area contributed by atoms with E-state index in [-0.39, 0.29) is 11.3 Å². The lowest BCUT2D eigenvalue weighted by Gasteiger charge is -2.26. The van der Waals surface area contributed by atoms with Gasteiger partial charge in [-0.3, -0.25) is 9.59 Å². The van der Waals surface area contributed by atoms with Crippen LogP contribution < -0.4 is 9.47 Å². The number of rotatable bonds is 10. The molecule has 0 aliphatic carbocycles. The number of aliphatic hydroxyl groups is 1. The lowest BCUT2D eigenvalue weighted by molar-refractivity contribution is -0.139. The summed E-state index contributed by atoms with van der Waals surface area (Å²) in [6, 6.07) is 11.9. The number of aryl methyl sites for hydroxylation is 1. The first kappa shape index (κ1) is 25.3. The number of amides is 1. The number of likely N-dealkylation sites (tertiary alicyclic amines) is 1. The van der Waals surface area contributed by atoms with Crippen LogP contribution in [0.4, 0.5) is 0 Å². The lowest BCUT2D eigenvalue weighted by atomic mass is 9.94. The molecule has 0 bridgehead atoms. The number of Topliss-reactive ketones (excluding diaryl/α,β-unsaturated/α-hetero) is 1. The van der Waals surface area contributed by atoms with Crippen LogP contribution in [0.2, 0.25) is 0 Å². The van der Waals surface area contributed by atoms with E-state index in [1.807, 2.05) is 51.0 Å². The Balaban J connectivity index is 2.10. The molecule has 0 unspecified atom stereocenters. The van der Waals surface area contributed by atoms with Crippen molar-refractivity contribution in [3.05, 3.63) is 64.7 Å². The van der Waals surface area contributed by atoms with Crippen LogP contribution in [0.1, 0.15) is 42.5 Å². The fourth-order valence-electron chi connectivity index (χ4n) is 4.07. The molecular formula is C27H34N2O5. The van der Waals surface area contributed by atoms with Crippen molar-refractivity contribution in [3.8, 4) is 11.5 Å². The molecule has 1 amide bonds. The van der Waals surface area contributed by atoms with Gasteiger partial charge in [-0.25, -0.2) is 0 Å². The van der Waals surface area contributed by atoms with Crippen molar-refractivity contribution in [2.24, 2.45) is 0 Å². The average molecular weight is 467 g/mol. The van der Waals surface area contributed by atoms with Gasteiger partial charge in [-0.15, -0.1) is 0 Å². The topological polar surface area (TPSA) is 79.3 Å². The second kappa shape index (κ2) is 11.2. The number of methoxy groups -OCH3 is 1. The Kier molecular flexibility index (Phi) is 8.34. The summed E-state index contributed by atoms with van der Waals surface area (Å²) in [5.41, 5.74) is 2.29. The van der Waals surface area contributed by atoms with E-state index in [0.29, 0.717) is 42.2 Å². The van der Waals surface area contributed by atoms with Crippen molar-refractivity contribution in [1.82, 2.24) is 9.80 Å². The highest BCUT2D eigenvalue weighted by atomic mass is 16.5. The fourth-order valence-corrected chi connectivity index (χ4v) is 4.07. The lowest BCUT2D eigenvalue weighted by Crippen LogP contribution is -2.32. The third-order valence-corrected chi connectivity index (χ3v) is 5.83. The van der Waals surface area contributed by atoms with Gasteiger partial charge in [0, 0.05) is 12.1 Å². The van der Waals surface area contributed by atoms with Gasteiger partial charge in [0.05, 0.1) is 25.3 Å². The molecule has 1 fully saturated rings. The minimum Gasteiger partial charge on any atom is -0.507 e. The van der Waals surface area contributed by atoms with E-state index >= 15 is 0 Å². The molecule has 0 radical (unpaired) electrons. The number of carbonyl (C=O) groups is 2. The third kappa shape index (κ3) is 5.42. The van der Waals surface area contributed by atoms with Gasteiger partial charge in [-0.1, -0.05) is 42.8 Å². The first-order valence-corrected chi connectivity index (χ1v) is 11.6. The average Bonchev–Trinajstić information content (AvgIpc) is 3.07. The molecule has 3 rings (SSSR count). The maximum atomic E-state index is 13.2. The van der Waals surface area contributed by atoms with Gasteiger partial charge >= 0.3 is 0 Å². The predicted octanol–water partition coefficient (Wildman–Crippen LogP) is 4.17. The molecule has 7 heteroatoms. The van der Waals surface area contributed by atoms with E-state index in [1.54, 1.807) is 36.3 Å². The van der Waals surface area contributed by atoms with Crippen molar-refractivity contribution in [3.63, 3.8) is 0 Å². The largest absolute Gasteiger partial charge is 0.507 e. The highest BCUT2D eigenvalue weighted by molar-refractivity contribution is 6.46. The first-order valence-electron chi connectivity index (χ1n) is 11.6. The zero-order valence-corrected chi connectivity index (χ0v) is 20.6. The Morgan fingerprint density at radius 2 is 1.79 bits per heavy atom. The summed E-state index contributed by atoms with van der Waals surface area (Å²) in [6.07, 6.45) is 1.55. The number of carbonyl (C=O) groups excluding carboxylic acids is 2. The minimum atomic E-state index is -0.724. The Labute approximate surface area is 201 Å². The van der Waals surface area contributed by atoms with Gasteiger partial charge in [0.2, 0.25) is 0 Å². The predicted molar refractivity (Wildman–Crippen MR) is 132 cm³/mol. The van der Waals surface area contributed by atoms with Gasteiger partial charge in [0.25, 0.3) is 11.7 Å². The van der Waals surface area contributed by atoms with Crippen molar-refractivity contribution in [1.29, 1.82) is 0 Å².